The SMILES string of the molecule is CS(=O)(=O)NC1CCN(C(=O)c2cn3c(NC(=O)CC45CC6CC(CC(C6)C4)C5)cccc3n2)CC1. The number of carbonyl (C=O) groups excluding carboxylic acids is 2. The molecule has 0 radical (unpaired) electrons. The smallest absolute Gasteiger partial charge is 0.274 e. The molecule has 0 spiro atoms. The van der Waals surface area contributed by atoms with E-state index < -0.39 is 10.0 Å². The van der Waals surface area contributed by atoms with Crippen LogP contribution in [0.25, 0.3) is 5.65 Å². The van der Waals surface area contributed by atoms with E-state index in [0.717, 1.165) is 24.0 Å². The van der Waals surface area contributed by atoms with E-state index in [0.29, 0.717) is 49.5 Å². The summed E-state index contributed by atoms with van der Waals surface area (Å²) in [6.45, 7) is 0.934. The number of hydrogen-bond donors (Lipinski definition) is 2. The molecule has 4 aliphatic carbocycles. The molecule has 0 atom stereocenters. The average Bonchev–Trinajstić information content (AvgIpc) is 3.22. The second-order valence-corrected chi connectivity index (χ2v) is 13.6. The third-order valence-corrected chi connectivity index (χ3v) is 9.60. The first kappa shape index (κ1) is 23.9. The van der Waals surface area contributed by atoms with Gasteiger partial charge >= 0.3 is 0 Å². The van der Waals surface area contributed by atoms with Crippen LogP contribution in [0.3, 0.4) is 0 Å². The summed E-state index contributed by atoms with van der Waals surface area (Å²) in [4.78, 5) is 32.6. The van der Waals surface area contributed by atoms with Gasteiger partial charge in [-0.2, -0.15) is 0 Å². The molecule has 5 aliphatic rings. The van der Waals surface area contributed by atoms with Crippen molar-refractivity contribution in [3.8, 4) is 0 Å². The molecule has 194 valence electrons. The van der Waals surface area contributed by atoms with Crippen molar-refractivity contribution in [2.24, 2.45) is 23.2 Å². The lowest BCUT2D eigenvalue weighted by Gasteiger charge is -2.56. The number of aromatic nitrogens is 2. The molecular formula is C26H35N5O4S. The molecule has 2 N–H and O–H groups in total. The fourth-order valence-electron chi connectivity index (χ4n) is 7.91. The van der Waals surface area contributed by atoms with Gasteiger partial charge in [-0.15, -0.1) is 0 Å². The first-order chi connectivity index (χ1) is 17.1. The fourth-order valence-corrected chi connectivity index (χ4v) is 8.76. The largest absolute Gasteiger partial charge is 0.337 e. The Bertz CT molecular complexity index is 1260. The third kappa shape index (κ3) is 4.77. The van der Waals surface area contributed by atoms with E-state index >= 15 is 0 Å². The van der Waals surface area contributed by atoms with Gasteiger partial charge in [0.2, 0.25) is 15.9 Å². The molecule has 1 aliphatic heterocycles. The predicted octanol–water partition coefficient (Wildman–Crippen LogP) is 3.03. The van der Waals surface area contributed by atoms with Gasteiger partial charge in [0.25, 0.3) is 5.91 Å². The van der Waals surface area contributed by atoms with Crippen molar-refractivity contribution in [2.45, 2.75) is 63.8 Å². The number of piperidine rings is 1. The Morgan fingerprint density at radius 2 is 1.69 bits per heavy atom. The number of amides is 2. The van der Waals surface area contributed by atoms with E-state index in [9.17, 15) is 18.0 Å². The van der Waals surface area contributed by atoms with E-state index in [1.54, 1.807) is 15.5 Å². The number of anilines is 1. The van der Waals surface area contributed by atoms with Crippen molar-refractivity contribution in [3.63, 3.8) is 0 Å². The van der Waals surface area contributed by atoms with E-state index in [2.05, 4.69) is 15.0 Å². The lowest BCUT2D eigenvalue weighted by atomic mass is 9.49. The van der Waals surface area contributed by atoms with Crippen LogP contribution in [0.15, 0.2) is 24.4 Å². The second kappa shape index (κ2) is 8.83. The summed E-state index contributed by atoms with van der Waals surface area (Å²) in [6, 6.07) is 5.37. The fraction of sp³-hybridized carbons (Fsp3) is 0.654. The normalized spacial score (nSPS) is 30.1. The first-order valence-electron chi connectivity index (χ1n) is 13.2. The molecule has 0 aromatic carbocycles. The Labute approximate surface area is 212 Å². The van der Waals surface area contributed by atoms with Gasteiger partial charge < -0.3 is 10.2 Å². The van der Waals surface area contributed by atoms with Crippen LogP contribution in [0.1, 0.15) is 68.3 Å². The topological polar surface area (TPSA) is 113 Å². The number of pyridine rings is 1. The second-order valence-electron chi connectivity index (χ2n) is 11.9. The highest BCUT2D eigenvalue weighted by atomic mass is 32.2. The minimum absolute atomic E-state index is 0.0477. The van der Waals surface area contributed by atoms with Crippen LogP contribution in [-0.2, 0) is 14.8 Å². The van der Waals surface area contributed by atoms with Crippen LogP contribution < -0.4 is 10.0 Å². The number of nitrogens with one attached hydrogen (secondary N) is 2. The van der Waals surface area contributed by atoms with E-state index in [1.165, 1.54) is 38.5 Å². The van der Waals surface area contributed by atoms with E-state index in [1.807, 2.05) is 18.2 Å². The molecule has 1 saturated heterocycles. The summed E-state index contributed by atoms with van der Waals surface area (Å²) in [5, 5.41) is 3.11. The molecule has 5 fully saturated rings. The lowest BCUT2D eigenvalue weighted by Crippen LogP contribution is -2.47. The van der Waals surface area contributed by atoms with Gasteiger partial charge in [-0.1, -0.05) is 6.07 Å². The highest BCUT2D eigenvalue weighted by Gasteiger charge is 2.51. The number of sulfonamides is 1. The highest BCUT2D eigenvalue weighted by molar-refractivity contribution is 7.88. The Balaban J connectivity index is 1.13. The molecule has 4 saturated carbocycles. The maximum Gasteiger partial charge on any atom is 0.274 e. The molecule has 36 heavy (non-hydrogen) atoms. The van der Waals surface area contributed by atoms with Crippen molar-refractivity contribution < 1.29 is 18.0 Å². The third-order valence-electron chi connectivity index (χ3n) is 8.84. The zero-order valence-corrected chi connectivity index (χ0v) is 21.6. The van der Waals surface area contributed by atoms with Crippen LogP contribution in [-0.4, -0.2) is 59.9 Å². The number of rotatable bonds is 6. The van der Waals surface area contributed by atoms with Crippen LogP contribution in [0.5, 0.6) is 0 Å². The maximum absolute atomic E-state index is 13.2. The molecular weight excluding hydrogens is 478 g/mol. The predicted molar refractivity (Wildman–Crippen MR) is 136 cm³/mol. The molecule has 7 rings (SSSR count). The quantitative estimate of drug-likeness (QED) is 0.617. The van der Waals surface area contributed by atoms with Crippen LogP contribution in [0, 0.1) is 23.2 Å². The summed E-state index contributed by atoms with van der Waals surface area (Å²) in [6.07, 6.45) is 12.2. The van der Waals surface area contributed by atoms with Gasteiger partial charge in [0.05, 0.1) is 6.26 Å². The van der Waals surface area contributed by atoms with Crippen molar-refractivity contribution in [2.75, 3.05) is 24.7 Å². The van der Waals surface area contributed by atoms with Gasteiger partial charge in [0, 0.05) is 31.7 Å². The summed E-state index contributed by atoms with van der Waals surface area (Å²) >= 11 is 0. The van der Waals surface area contributed by atoms with E-state index in [4.69, 9.17) is 0 Å². The number of hydrogen-bond acceptors (Lipinski definition) is 5. The van der Waals surface area contributed by atoms with E-state index in [-0.39, 0.29) is 23.3 Å². The molecule has 10 heteroatoms. The first-order valence-corrected chi connectivity index (χ1v) is 15.1. The molecule has 2 aromatic rings. The lowest BCUT2D eigenvalue weighted by molar-refractivity contribution is -0.124. The van der Waals surface area contributed by atoms with Crippen LogP contribution >= 0.6 is 0 Å². The van der Waals surface area contributed by atoms with Crippen molar-refractivity contribution in [1.82, 2.24) is 19.0 Å². The molecule has 0 unspecified atom stereocenters. The molecule has 9 nitrogen and oxygen atoms in total. The van der Waals surface area contributed by atoms with Gasteiger partial charge in [-0.25, -0.2) is 18.1 Å². The number of imidazole rings is 1. The summed E-state index contributed by atoms with van der Waals surface area (Å²) in [5.74, 6) is 2.92. The van der Waals surface area contributed by atoms with Crippen LogP contribution in [0.4, 0.5) is 5.82 Å². The summed E-state index contributed by atoms with van der Waals surface area (Å²) in [5.41, 5.74) is 1.10. The molecule has 3 heterocycles. The van der Waals surface area contributed by atoms with Gasteiger partial charge in [-0.05, 0) is 86.7 Å². The van der Waals surface area contributed by atoms with Gasteiger partial charge in [0.15, 0.2) is 0 Å². The van der Waals surface area contributed by atoms with Gasteiger partial charge in [-0.3, -0.25) is 14.0 Å². The van der Waals surface area contributed by atoms with Crippen molar-refractivity contribution >= 4 is 33.3 Å². The van der Waals surface area contributed by atoms with Crippen LogP contribution in [0.2, 0.25) is 0 Å². The summed E-state index contributed by atoms with van der Waals surface area (Å²) < 4.78 is 27.4. The molecule has 2 aromatic heterocycles. The Kier molecular flexibility index (Phi) is 5.87. The standard InChI is InChI=1S/C26H35N5O4S/c1-36(34,35)29-20-5-7-30(8-6-20)25(33)21-16-31-22(27-21)3-2-4-23(31)28-24(32)15-26-12-17-9-18(13-26)11-19(10-17)14-26/h2-4,16-20,29H,5-15H2,1H3,(H,28,32). The maximum atomic E-state index is 13.2. The minimum Gasteiger partial charge on any atom is -0.337 e. The number of fused-ring (bicyclic) bond motifs is 1. The zero-order chi connectivity index (χ0) is 25.1. The zero-order valence-electron chi connectivity index (χ0n) is 20.8. The number of nitrogens with zero attached hydrogens (tertiary/aromatic N) is 3. The van der Waals surface area contributed by atoms with Crippen molar-refractivity contribution in [1.29, 1.82) is 0 Å². The van der Waals surface area contributed by atoms with Gasteiger partial charge in [0.1, 0.15) is 17.2 Å². The minimum atomic E-state index is -3.26. The highest BCUT2D eigenvalue weighted by Crippen LogP contribution is 2.61. The molecule has 2 amide bonds. The van der Waals surface area contributed by atoms with Crippen molar-refractivity contribution in [3.05, 3.63) is 30.1 Å². The summed E-state index contributed by atoms with van der Waals surface area (Å²) in [7, 11) is -3.26. The monoisotopic (exact) mass is 513 g/mol. The number of likely N-dealkylation sites (tertiary alicyclic amines) is 1. The Morgan fingerprint density at radius 1 is 1.06 bits per heavy atom. The Hall–Kier alpha value is -2.46. The molecule has 4 bridgehead atoms. The average molecular weight is 514 g/mol. The number of carbonyl (C=O) groups is 2. The Morgan fingerprint density at radius 3 is 2.31 bits per heavy atom.